The van der Waals surface area contributed by atoms with Gasteiger partial charge < -0.3 is 0 Å². The highest BCUT2D eigenvalue weighted by Crippen LogP contribution is 2.27. The Hall–Kier alpha value is -0.980. The summed E-state index contributed by atoms with van der Waals surface area (Å²) in [6.45, 7) is 2.10. The highest BCUT2D eigenvalue weighted by atomic mass is 35.5. The van der Waals surface area contributed by atoms with E-state index in [1.54, 1.807) is 0 Å². The van der Waals surface area contributed by atoms with Crippen LogP contribution in [0.15, 0.2) is 42.5 Å². The fraction of sp³-hybridized carbons (Fsp3) is 0.143. The third-order valence-corrected chi connectivity index (χ3v) is 3.40. The fourth-order valence-electron chi connectivity index (χ4n) is 1.70. The zero-order chi connectivity index (χ0) is 11.5. The summed E-state index contributed by atoms with van der Waals surface area (Å²) in [5.74, 6) is 0. The number of rotatable bonds is 2. The van der Waals surface area contributed by atoms with Crippen molar-refractivity contribution in [3.63, 3.8) is 0 Å². The molecule has 0 amide bonds. The summed E-state index contributed by atoms with van der Waals surface area (Å²) < 4.78 is 0. The molecule has 0 aliphatic carbocycles. The van der Waals surface area contributed by atoms with Crippen LogP contribution < -0.4 is 0 Å². The Balaban J connectivity index is 2.38. The van der Waals surface area contributed by atoms with Gasteiger partial charge in [0.15, 0.2) is 0 Å². The first-order valence-corrected chi connectivity index (χ1v) is 5.91. The summed E-state index contributed by atoms with van der Waals surface area (Å²) in [5.41, 5.74) is 3.52. The molecule has 0 saturated carbocycles. The van der Waals surface area contributed by atoms with E-state index in [1.807, 2.05) is 30.3 Å². The van der Waals surface area contributed by atoms with Crippen LogP contribution in [0.4, 0.5) is 0 Å². The van der Waals surface area contributed by atoms with Crippen LogP contribution in [-0.2, 0) is 6.42 Å². The van der Waals surface area contributed by atoms with E-state index < -0.39 is 0 Å². The van der Waals surface area contributed by atoms with Crippen LogP contribution in [0, 0.1) is 6.92 Å². The molecule has 16 heavy (non-hydrogen) atoms. The summed E-state index contributed by atoms with van der Waals surface area (Å²) in [6.07, 6.45) is 0.783. The van der Waals surface area contributed by atoms with Crippen molar-refractivity contribution < 1.29 is 0 Å². The molecule has 0 fully saturated rings. The quantitative estimate of drug-likeness (QED) is 0.712. The minimum absolute atomic E-state index is 0.732. The molecule has 0 N–H and O–H groups in total. The van der Waals surface area contributed by atoms with Crippen molar-refractivity contribution in [2.24, 2.45) is 0 Å². The average molecular weight is 251 g/mol. The van der Waals surface area contributed by atoms with E-state index in [0.717, 1.165) is 22.0 Å². The van der Waals surface area contributed by atoms with Crippen molar-refractivity contribution in [3.8, 4) is 0 Å². The summed E-state index contributed by atoms with van der Waals surface area (Å²) >= 11 is 12.3. The Morgan fingerprint density at radius 2 is 1.50 bits per heavy atom. The highest BCUT2D eigenvalue weighted by molar-refractivity contribution is 6.36. The van der Waals surface area contributed by atoms with E-state index in [1.165, 1.54) is 11.1 Å². The molecule has 2 aromatic rings. The van der Waals surface area contributed by atoms with Gasteiger partial charge >= 0.3 is 0 Å². The van der Waals surface area contributed by atoms with Gasteiger partial charge in [0.1, 0.15) is 0 Å². The maximum atomic E-state index is 6.15. The largest absolute Gasteiger partial charge is 0.0840 e. The third-order valence-electron chi connectivity index (χ3n) is 2.69. The lowest BCUT2D eigenvalue weighted by Gasteiger charge is -2.09. The van der Waals surface area contributed by atoms with E-state index >= 15 is 0 Å². The SMILES string of the molecule is Cc1ccccc1Cc1c(Cl)cccc1Cl. The lowest BCUT2D eigenvalue weighted by Crippen LogP contribution is -1.93. The van der Waals surface area contributed by atoms with Crippen molar-refractivity contribution >= 4 is 23.2 Å². The van der Waals surface area contributed by atoms with E-state index in [-0.39, 0.29) is 0 Å². The van der Waals surface area contributed by atoms with Crippen LogP contribution in [-0.4, -0.2) is 0 Å². The van der Waals surface area contributed by atoms with Crippen LogP contribution in [0.5, 0.6) is 0 Å². The second kappa shape index (κ2) is 4.90. The predicted molar refractivity (Wildman–Crippen MR) is 70.4 cm³/mol. The summed E-state index contributed by atoms with van der Waals surface area (Å²) in [7, 11) is 0. The molecule has 0 radical (unpaired) electrons. The molecule has 0 spiro atoms. The van der Waals surface area contributed by atoms with Crippen LogP contribution in [0.3, 0.4) is 0 Å². The highest BCUT2D eigenvalue weighted by Gasteiger charge is 2.07. The van der Waals surface area contributed by atoms with Crippen molar-refractivity contribution in [2.75, 3.05) is 0 Å². The van der Waals surface area contributed by atoms with Crippen molar-refractivity contribution in [1.82, 2.24) is 0 Å². The van der Waals surface area contributed by atoms with Gasteiger partial charge in [0, 0.05) is 16.5 Å². The molecular formula is C14H12Cl2. The van der Waals surface area contributed by atoms with Gasteiger partial charge in [-0.1, -0.05) is 53.5 Å². The van der Waals surface area contributed by atoms with Gasteiger partial charge in [-0.05, 0) is 35.7 Å². The molecular weight excluding hydrogens is 239 g/mol. The first kappa shape index (κ1) is 11.5. The zero-order valence-electron chi connectivity index (χ0n) is 9.00. The molecule has 0 bridgehead atoms. The monoisotopic (exact) mass is 250 g/mol. The molecule has 0 aliphatic heterocycles. The van der Waals surface area contributed by atoms with Gasteiger partial charge in [-0.25, -0.2) is 0 Å². The average Bonchev–Trinajstić information content (AvgIpc) is 2.26. The standard InChI is InChI=1S/C14H12Cl2/c1-10-5-2-3-6-11(10)9-12-13(15)7-4-8-14(12)16/h2-8H,9H2,1H3. The summed E-state index contributed by atoms with van der Waals surface area (Å²) in [5, 5.41) is 1.46. The topological polar surface area (TPSA) is 0 Å². The minimum Gasteiger partial charge on any atom is -0.0840 e. The molecule has 82 valence electrons. The number of aryl methyl sites for hydroxylation is 1. The number of hydrogen-bond donors (Lipinski definition) is 0. The van der Waals surface area contributed by atoms with Crippen molar-refractivity contribution in [1.29, 1.82) is 0 Å². The second-order valence-corrected chi connectivity index (χ2v) is 4.62. The van der Waals surface area contributed by atoms with E-state index in [4.69, 9.17) is 23.2 Å². The van der Waals surface area contributed by atoms with E-state index in [0.29, 0.717) is 0 Å². The maximum absolute atomic E-state index is 6.15. The normalized spacial score (nSPS) is 10.4. The first-order valence-electron chi connectivity index (χ1n) is 5.16. The summed E-state index contributed by atoms with van der Waals surface area (Å²) in [6, 6.07) is 13.9. The molecule has 2 aromatic carbocycles. The molecule has 0 unspecified atom stereocenters. The third kappa shape index (κ3) is 2.40. The lowest BCUT2D eigenvalue weighted by atomic mass is 10.0. The Bertz CT molecular complexity index is 484. The van der Waals surface area contributed by atoms with Gasteiger partial charge in [-0.3, -0.25) is 0 Å². The predicted octanol–water partition coefficient (Wildman–Crippen LogP) is 4.89. The maximum Gasteiger partial charge on any atom is 0.0456 e. The Labute approximate surface area is 106 Å². The van der Waals surface area contributed by atoms with Crippen LogP contribution in [0.25, 0.3) is 0 Å². The van der Waals surface area contributed by atoms with Gasteiger partial charge in [-0.2, -0.15) is 0 Å². The van der Waals surface area contributed by atoms with Gasteiger partial charge in [0.05, 0.1) is 0 Å². The minimum atomic E-state index is 0.732. The molecule has 0 aromatic heterocycles. The smallest absolute Gasteiger partial charge is 0.0456 e. The zero-order valence-corrected chi connectivity index (χ0v) is 10.5. The summed E-state index contributed by atoms with van der Waals surface area (Å²) in [4.78, 5) is 0. The van der Waals surface area contributed by atoms with Gasteiger partial charge in [0.2, 0.25) is 0 Å². The number of benzene rings is 2. The Morgan fingerprint density at radius 3 is 2.12 bits per heavy atom. The van der Waals surface area contributed by atoms with E-state index in [2.05, 4.69) is 19.1 Å². The number of halogens is 2. The Kier molecular flexibility index (Phi) is 3.52. The van der Waals surface area contributed by atoms with E-state index in [9.17, 15) is 0 Å². The van der Waals surface area contributed by atoms with Crippen LogP contribution >= 0.6 is 23.2 Å². The molecule has 0 aliphatic rings. The first-order chi connectivity index (χ1) is 7.68. The van der Waals surface area contributed by atoms with Crippen LogP contribution in [0.1, 0.15) is 16.7 Å². The van der Waals surface area contributed by atoms with Crippen molar-refractivity contribution in [3.05, 3.63) is 69.2 Å². The molecule has 0 nitrogen and oxygen atoms in total. The Morgan fingerprint density at radius 1 is 0.875 bits per heavy atom. The molecule has 2 heteroatoms. The van der Waals surface area contributed by atoms with Crippen molar-refractivity contribution in [2.45, 2.75) is 13.3 Å². The van der Waals surface area contributed by atoms with Gasteiger partial charge in [-0.15, -0.1) is 0 Å². The fourth-order valence-corrected chi connectivity index (χ4v) is 2.23. The molecule has 0 atom stereocenters. The molecule has 2 rings (SSSR count). The van der Waals surface area contributed by atoms with Gasteiger partial charge in [0.25, 0.3) is 0 Å². The number of hydrogen-bond acceptors (Lipinski definition) is 0. The van der Waals surface area contributed by atoms with Crippen LogP contribution in [0.2, 0.25) is 10.0 Å². The molecule has 0 saturated heterocycles. The molecule has 0 heterocycles. The lowest BCUT2D eigenvalue weighted by molar-refractivity contribution is 1.16. The second-order valence-electron chi connectivity index (χ2n) is 3.80.